The van der Waals surface area contributed by atoms with Gasteiger partial charge in [-0.1, -0.05) is 42.5 Å². The van der Waals surface area contributed by atoms with Crippen LogP contribution in [0.5, 0.6) is 0 Å². The predicted octanol–water partition coefficient (Wildman–Crippen LogP) is 2.53. The Hall–Kier alpha value is -2.69. The van der Waals surface area contributed by atoms with E-state index in [1.807, 2.05) is 30.3 Å². The van der Waals surface area contributed by atoms with Gasteiger partial charge in [0, 0.05) is 26.9 Å². The van der Waals surface area contributed by atoms with Gasteiger partial charge in [-0.2, -0.15) is 0 Å². The summed E-state index contributed by atoms with van der Waals surface area (Å²) in [6.45, 7) is 1.69. The SMILES string of the molecule is CNC(=O)[C@H](Cc1ccccc1)N(Cc1ccc(F)cc1)C(C)=O. The van der Waals surface area contributed by atoms with Gasteiger partial charge in [0.1, 0.15) is 11.9 Å². The fraction of sp³-hybridized carbons (Fsp3) is 0.263. The van der Waals surface area contributed by atoms with Crippen molar-refractivity contribution < 1.29 is 14.0 Å². The maximum Gasteiger partial charge on any atom is 0.242 e. The number of carbonyl (C=O) groups is 2. The van der Waals surface area contributed by atoms with Crippen molar-refractivity contribution in [2.24, 2.45) is 0 Å². The number of halogens is 1. The molecule has 0 fully saturated rings. The molecule has 0 bridgehead atoms. The first-order valence-corrected chi connectivity index (χ1v) is 7.78. The van der Waals surface area contributed by atoms with E-state index in [0.29, 0.717) is 6.42 Å². The molecule has 2 aromatic rings. The molecule has 0 heterocycles. The first-order valence-electron chi connectivity index (χ1n) is 7.78. The molecular formula is C19H21FN2O2. The van der Waals surface area contributed by atoms with Crippen molar-refractivity contribution in [2.45, 2.75) is 25.9 Å². The molecule has 2 rings (SSSR count). The van der Waals surface area contributed by atoms with Crippen LogP contribution < -0.4 is 5.32 Å². The van der Waals surface area contributed by atoms with Gasteiger partial charge < -0.3 is 10.2 Å². The molecule has 0 aliphatic carbocycles. The average molecular weight is 328 g/mol. The number of hydrogen-bond acceptors (Lipinski definition) is 2. The van der Waals surface area contributed by atoms with Gasteiger partial charge in [0.25, 0.3) is 0 Å². The zero-order valence-electron chi connectivity index (χ0n) is 13.8. The third-order valence-electron chi connectivity index (χ3n) is 3.87. The Labute approximate surface area is 141 Å². The molecule has 0 unspecified atom stereocenters. The first kappa shape index (κ1) is 17.7. The number of nitrogens with one attached hydrogen (secondary N) is 1. The fourth-order valence-electron chi connectivity index (χ4n) is 2.58. The number of benzene rings is 2. The molecule has 0 aromatic heterocycles. The standard InChI is InChI=1S/C19H21FN2O2/c1-14(23)22(13-16-8-10-17(20)11-9-16)18(19(24)21-2)12-15-6-4-3-5-7-15/h3-11,18H,12-13H2,1-2H3,(H,21,24)/t18-/m0/s1. The highest BCUT2D eigenvalue weighted by Gasteiger charge is 2.27. The second kappa shape index (κ2) is 8.24. The number of nitrogens with zero attached hydrogens (tertiary/aromatic N) is 1. The summed E-state index contributed by atoms with van der Waals surface area (Å²) in [5.41, 5.74) is 1.74. The van der Waals surface area contributed by atoms with Gasteiger partial charge in [0.2, 0.25) is 11.8 Å². The molecule has 1 N–H and O–H groups in total. The van der Waals surface area contributed by atoms with Crippen LogP contribution in [0, 0.1) is 5.82 Å². The molecule has 0 saturated carbocycles. The van der Waals surface area contributed by atoms with Crippen LogP contribution in [0.4, 0.5) is 4.39 Å². The predicted molar refractivity (Wildman–Crippen MR) is 90.6 cm³/mol. The Kier molecular flexibility index (Phi) is 6.07. The van der Waals surface area contributed by atoms with Crippen LogP contribution >= 0.6 is 0 Å². The van der Waals surface area contributed by atoms with Crippen molar-refractivity contribution >= 4 is 11.8 Å². The van der Waals surface area contributed by atoms with E-state index < -0.39 is 6.04 Å². The van der Waals surface area contributed by atoms with Crippen LogP contribution in [-0.4, -0.2) is 29.8 Å². The van der Waals surface area contributed by atoms with Crippen LogP contribution in [0.25, 0.3) is 0 Å². The normalized spacial score (nSPS) is 11.6. The van der Waals surface area contributed by atoms with Gasteiger partial charge in [-0.3, -0.25) is 9.59 Å². The third kappa shape index (κ3) is 4.65. The molecule has 5 heteroatoms. The van der Waals surface area contributed by atoms with Gasteiger partial charge in [-0.05, 0) is 23.3 Å². The molecule has 4 nitrogen and oxygen atoms in total. The summed E-state index contributed by atoms with van der Waals surface area (Å²) in [5.74, 6) is -0.764. The van der Waals surface area contributed by atoms with Crippen LogP contribution in [-0.2, 0) is 22.6 Å². The maximum absolute atomic E-state index is 13.1. The van der Waals surface area contributed by atoms with E-state index in [-0.39, 0.29) is 24.2 Å². The van der Waals surface area contributed by atoms with Crippen LogP contribution in [0.2, 0.25) is 0 Å². The van der Waals surface area contributed by atoms with Crippen molar-refractivity contribution in [2.75, 3.05) is 7.05 Å². The summed E-state index contributed by atoms with van der Waals surface area (Å²) in [5, 5.41) is 2.62. The van der Waals surface area contributed by atoms with E-state index in [0.717, 1.165) is 11.1 Å². The summed E-state index contributed by atoms with van der Waals surface area (Å²) < 4.78 is 13.1. The number of amides is 2. The number of hydrogen-bond donors (Lipinski definition) is 1. The molecule has 1 atom stereocenters. The Morgan fingerprint density at radius 1 is 1.04 bits per heavy atom. The van der Waals surface area contributed by atoms with E-state index >= 15 is 0 Å². The van der Waals surface area contributed by atoms with Crippen molar-refractivity contribution in [3.05, 3.63) is 71.5 Å². The monoisotopic (exact) mass is 328 g/mol. The summed E-state index contributed by atoms with van der Waals surface area (Å²) in [4.78, 5) is 26.0. The molecule has 2 amide bonds. The van der Waals surface area contributed by atoms with Gasteiger partial charge in [0.15, 0.2) is 0 Å². The van der Waals surface area contributed by atoms with E-state index in [2.05, 4.69) is 5.32 Å². The molecule has 24 heavy (non-hydrogen) atoms. The molecule has 0 saturated heterocycles. The number of rotatable bonds is 6. The Morgan fingerprint density at radius 3 is 2.21 bits per heavy atom. The lowest BCUT2D eigenvalue weighted by Crippen LogP contribution is -2.49. The Morgan fingerprint density at radius 2 is 1.67 bits per heavy atom. The largest absolute Gasteiger partial charge is 0.357 e. The molecule has 126 valence electrons. The first-order chi connectivity index (χ1) is 11.5. The molecular weight excluding hydrogens is 307 g/mol. The third-order valence-corrected chi connectivity index (χ3v) is 3.87. The minimum absolute atomic E-state index is 0.205. The summed E-state index contributed by atoms with van der Waals surface area (Å²) >= 11 is 0. The lowest BCUT2D eigenvalue weighted by atomic mass is 10.0. The van der Waals surface area contributed by atoms with Crippen LogP contribution in [0.1, 0.15) is 18.1 Å². The smallest absolute Gasteiger partial charge is 0.242 e. The number of likely N-dealkylation sites (N-methyl/N-ethyl adjacent to an activating group) is 1. The van der Waals surface area contributed by atoms with Gasteiger partial charge >= 0.3 is 0 Å². The van der Waals surface area contributed by atoms with Crippen molar-refractivity contribution in [1.82, 2.24) is 10.2 Å². The quantitative estimate of drug-likeness (QED) is 0.886. The van der Waals surface area contributed by atoms with E-state index in [1.165, 1.54) is 24.0 Å². The van der Waals surface area contributed by atoms with Crippen molar-refractivity contribution in [3.63, 3.8) is 0 Å². The highest BCUT2D eigenvalue weighted by atomic mass is 19.1. The van der Waals surface area contributed by atoms with Gasteiger partial charge in [0.05, 0.1) is 0 Å². The molecule has 0 spiro atoms. The topological polar surface area (TPSA) is 49.4 Å². The highest BCUT2D eigenvalue weighted by Crippen LogP contribution is 2.15. The molecule has 0 aliphatic heterocycles. The van der Waals surface area contributed by atoms with Crippen molar-refractivity contribution in [3.8, 4) is 0 Å². The minimum Gasteiger partial charge on any atom is -0.357 e. The second-order valence-corrected chi connectivity index (χ2v) is 5.59. The molecule has 0 aliphatic rings. The van der Waals surface area contributed by atoms with Crippen LogP contribution in [0.3, 0.4) is 0 Å². The summed E-state index contributed by atoms with van der Waals surface area (Å²) in [6.07, 6.45) is 0.418. The Bertz CT molecular complexity index is 686. The zero-order valence-corrected chi connectivity index (χ0v) is 13.8. The van der Waals surface area contributed by atoms with Gasteiger partial charge in [-0.15, -0.1) is 0 Å². The minimum atomic E-state index is -0.625. The maximum atomic E-state index is 13.1. The Balaban J connectivity index is 2.26. The van der Waals surface area contributed by atoms with Crippen LogP contribution in [0.15, 0.2) is 54.6 Å². The second-order valence-electron chi connectivity index (χ2n) is 5.59. The van der Waals surface area contributed by atoms with Crippen molar-refractivity contribution in [1.29, 1.82) is 0 Å². The molecule has 2 aromatic carbocycles. The fourth-order valence-corrected chi connectivity index (χ4v) is 2.58. The lowest BCUT2D eigenvalue weighted by Gasteiger charge is -2.30. The zero-order chi connectivity index (χ0) is 17.5. The molecule has 0 radical (unpaired) electrons. The lowest BCUT2D eigenvalue weighted by molar-refractivity contribution is -0.139. The number of carbonyl (C=O) groups excluding carboxylic acids is 2. The van der Waals surface area contributed by atoms with E-state index in [1.54, 1.807) is 19.2 Å². The van der Waals surface area contributed by atoms with Gasteiger partial charge in [-0.25, -0.2) is 4.39 Å². The summed E-state index contributed by atoms with van der Waals surface area (Å²) in [7, 11) is 1.55. The van der Waals surface area contributed by atoms with E-state index in [9.17, 15) is 14.0 Å². The average Bonchev–Trinajstić information content (AvgIpc) is 2.59. The van der Waals surface area contributed by atoms with E-state index in [4.69, 9.17) is 0 Å². The summed E-state index contributed by atoms with van der Waals surface area (Å²) in [6, 6.07) is 14.9. The highest BCUT2D eigenvalue weighted by molar-refractivity contribution is 5.87.